The third-order valence-electron chi connectivity index (χ3n) is 7.81. The Morgan fingerprint density at radius 1 is 1.05 bits per heavy atom. The van der Waals surface area contributed by atoms with Gasteiger partial charge in [0.05, 0.1) is 11.4 Å². The molecule has 1 N–H and O–H groups in total. The van der Waals surface area contributed by atoms with Crippen LogP contribution in [0, 0.1) is 23.4 Å². The lowest BCUT2D eigenvalue weighted by Crippen LogP contribution is -2.37. The maximum Gasteiger partial charge on any atom is 0.234 e. The van der Waals surface area contributed by atoms with E-state index in [1.165, 1.54) is 41.4 Å². The molecule has 1 saturated carbocycles. The van der Waals surface area contributed by atoms with E-state index in [1.54, 1.807) is 6.07 Å². The van der Waals surface area contributed by atoms with Crippen LogP contribution in [-0.4, -0.2) is 24.2 Å². The van der Waals surface area contributed by atoms with E-state index in [2.05, 4.69) is 9.82 Å². The lowest BCUT2D eigenvalue weighted by atomic mass is 9.85. The molecule has 1 aromatic heterocycles. The van der Waals surface area contributed by atoms with Gasteiger partial charge in [-0.2, -0.15) is 5.10 Å². The molecule has 2 aromatic carbocycles. The highest BCUT2D eigenvalue weighted by Crippen LogP contribution is 2.40. The van der Waals surface area contributed by atoms with Crippen LogP contribution in [0.2, 0.25) is 0 Å². The standard InChI is InChI=1S/C29H32F3N3O2S/c1-19(21-7-3-2-4-8-21)34-38(36,37)15-14-27-25-12-10-22(16-20-6-5-9-23(30)17-20)29(25)35(33-27)28-13-11-24(31)18-26(28)32/h5-6,9,11,13-15,17-19,21-22,34H,2-4,7-8,10,12,16H2,1H3/t19-,22?/m1/s1. The van der Waals surface area contributed by atoms with Gasteiger partial charge in [0.1, 0.15) is 17.3 Å². The number of fused-ring (bicyclic) bond motifs is 1. The molecule has 2 atom stereocenters. The Balaban J connectivity index is 1.46. The van der Waals surface area contributed by atoms with Gasteiger partial charge < -0.3 is 0 Å². The highest BCUT2D eigenvalue weighted by Gasteiger charge is 2.32. The lowest BCUT2D eigenvalue weighted by Gasteiger charge is -2.27. The minimum absolute atomic E-state index is 0.0837. The molecule has 1 unspecified atom stereocenters. The molecule has 2 aliphatic carbocycles. The first-order chi connectivity index (χ1) is 18.2. The molecule has 0 spiro atoms. The molecule has 1 fully saturated rings. The average Bonchev–Trinajstić information content (AvgIpc) is 3.44. The number of nitrogens with one attached hydrogen (secondary N) is 1. The SMILES string of the molecule is C[C@@H](NS(=O)(=O)C=Cc1nn(-c2ccc(F)cc2F)c2c1CCC2Cc1cccc(F)c1)C1CCCCC1. The van der Waals surface area contributed by atoms with E-state index in [1.807, 2.05) is 13.0 Å². The van der Waals surface area contributed by atoms with Crippen molar-refractivity contribution in [3.05, 3.63) is 87.8 Å². The second-order valence-electron chi connectivity index (χ2n) is 10.5. The zero-order valence-corrected chi connectivity index (χ0v) is 22.2. The molecule has 5 rings (SSSR count). The normalized spacial score (nSPS) is 19.2. The molecule has 0 saturated heterocycles. The Labute approximate surface area is 221 Å². The molecule has 0 bridgehead atoms. The molecule has 0 amide bonds. The van der Waals surface area contributed by atoms with Crippen molar-refractivity contribution in [2.24, 2.45) is 5.92 Å². The van der Waals surface area contributed by atoms with Crippen molar-refractivity contribution in [2.75, 3.05) is 0 Å². The molecule has 202 valence electrons. The number of aromatic nitrogens is 2. The quantitative estimate of drug-likeness (QED) is 0.357. The number of hydrogen-bond donors (Lipinski definition) is 1. The van der Waals surface area contributed by atoms with E-state index >= 15 is 0 Å². The number of halogens is 3. The third kappa shape index (κ3) is 5.89. The summed E-state index contributed by atoms with van der Waals surface area (Å²) in [5, 5.41) is 5.70. The third-order valence-corrected chi connectivity index (χ3v) is 9.00. The van der Waals surface area contributed by atoms with E-state index in [4.69, 9.17) is 0 Å². The average molecular weight is 544 g/mol. The Hall–Kier alpha value is -2.91. The number of rotatable bonds is 8. The number of nitrogens with zero attached hydrogens (tertiary/aromatic N) is 2. The first-order valence-electron chi connectivity index (χ1n) is 13.2. The summed E-state index contributed by atoms with van der Waals surface area (Å²) in [6.45, 7) is 1.90. The monoisotopic (exact) mass is 543 g/mol. The maximum absolute atomic E-state index is 14.8. The van der Waals surface area contributed by atoms with Crippen molar-refractivity contribution in [2.45, 2.75) is 70.3 Å². The van der Waals surface area contributed by atoms with Gasteiger partial charge in [-0.15, -0.1) is 0 Å². The van der Waals surface area contributed by atoms with Gasteiger partial charge in [0, 0.05) is 29.0 Å². The van der Waals surface area contributed by atoms with Crippen LogP contribution in [-0.2, 0) is 22.9 Å². The van der Waals surface area contributed by atoms with Gasteiger partial charge >= 0.3 is 0 Å². The van der Waals surface area contributed by atoms with E-state index < -0.39 is 21.7 Å². The molecule has 38 heavy (non-hydrogen) atoms. The summed E-state index contributed by atoms with van der Waals surface area (Å²) >= 11 is 0. The van der Waals surface area contributed by atoms with Crippen LogP contribution in [0.25, 0.3) is 11.8 Å². The van der Waals surface area contributed by atoms with E-state index in [-0.39, 0.29) is 23.5 Å². The fourth-order valence-corrected chi connectivity index (χ4v) is 7.01. The van der Waals surface area contributed by atoms with Crippen LogP contribution >= 0.6 is 0 Å². The zero-order chi connectivity index (χ0) is 26.9. The van der Waals surface area contributed by atoms with Crippen molar-refractivity contribution < 1.29 is 21.6 Å². The van der Waals surface area contributed by atoms with Crippen LogP contribution < -0.4 is 4.72 Å². The van der Waals surface area contributed by atoms with Crippen molar-refractivity contribution in [3.8, 4) is 5.69 Å². The molecular formula is C29H32F3N3O2S. The van der Waals surface area contributed by atoms with Crippen LogP contribution in [0.4, 0.5) is 13.2 Å². The Morgan fingerprint density at radius 3 is 2.55 bits per heavy atom. The fraction of sp³-hybridized carbons (Fsp3) is 0.414. The molecular weight excluding hydrogens is 511 g/mol. The Morgan fingerprint density at radius 2 is 1.82 bits per heavy atom. The minimum atomic E-state index is -3.73. The van der Waals surface area contributed by atoms with E-state index in [0.29, 0.717) is 24.5 Å². The van der Waals surface area contributed by atoms with Gasteiger partial charge in [0.25, 0.3) is 0 Å². The Kier molecular flexibility index (Phi) is 7.77. The predicted molar refractivity (Wildman–Crippen MR) is 142 cm³/mol. The van der Waals surface area contributed by atoms with Crippen LogP contribution in [0.5, 0.6) is 0 Å². The first kappa shape index (κ1) is 26.7. The van der Waals surface area contributed by atoms with Crippen molar-refractivity contribution >= 4 is 16.1 Å². The largest absolute Gasteiger partial charge is 0.234 e. The zero-order valence-electron chi connectivity index (χ0n) is 21.3. The fourth-order valence-electron chi connectivity index (χ4n) is 5.91. The summed E-state index contributed by atoms with van der Waals surface area (Å²) < 4.78 is 72.3. The number of sulfonamides is 1. The van der Waals surface area contributed by atoms with Crippen molar-refractivity contribution in [1.29, 1.82) is 0 Å². The van der Waals surface area contributed by atoms with Gasteiger partial charge in [0.15, 0.2) is 5.82 Å². The minimum Gasteiger partial charge on any atom is -0.234 e. The predicted octanol–water partition coefficient (Wildman–Crippen LogP) is 6.42. The molecule has 3 aromatic rings. The summed E-state index contributed by atoms with van der Waals surface area (Å²) in [5.41, 5.74) is 2.87. The first-order valence-corrected chi connectivity index (χ1v) is 14.8. The Bertz CT molecular complexity index is 1450. The van der Waals surface area contributed by atoms with Crippen molar-refractivity contribution in [1.82, 2.24) is 14.5 Å². The second kappa shape index (κ2) is 11.1. The van der Waals surface area contributed by atoms with Gasteiger partial charge in [0.2, 0.25) is 10.0 Å². The smallest absolute Gasteiger partial charge is 0.234 e. The molecule has 9 heteroatoms. The van der Waals surface area contributed by atoms with Gasteiger partial charge in [-0.3, -0.25) is 0 Å². The molecule has 0 radical (unpaired) electrons. The van der Waals surface area contributed by atoms with Crippen LogP contribution in [0.3, 0.4) is 0 Å². The highest BCUT2D eigenvalue weighted by atomic mass is 32.2. The van der Waals surface area contributed by atoms with Crippen LogP contribution in [0.1, 0.15) is 73.9 Å². The van der Waals surface area contributed by atoms with Crippen LogP contribution in [0.15, 0.2) is 47.9 Å². The van der Waals surface area contributed by atoms with Gasteiger partial charge in [-0.1, -0.05) is 31.4 Å². The van der Waals surface area contributed by atoms with Gasteiger partial charge in [-0.25, -0.2) is 31.0 Å². The topological polar surface area (TPSA) is 64.0 Å². The summed E-state index contributed by atoms with van der Waals surface area (Å²) in [7, 11) is -3.73. The summed E-state index contributed by atoms with van der Waals surface area (Å²) in [6.07, 6.45) is 8.76. The van der Waals surface area contributed by atoms with Gasteiger partial charge in [-0.05, 0) is 80.9 Å². The van der Waals surface area contributed by atoms with E-state index in [9.17, 15) is 21.6 Å². The molecule has 2 aliphatic rings. The molecule has 5 nitrogen and oxygen atoms in total. The summed E-state index contributed by atoms with van der Waals surface area (Å²) in [4.78, 5) is 0. The lowest BCUT2D eigenvalue weighted by molar-refractivity contribution is 0.303. The summed E-state index contributed by atoms with van der Waals surface area (Å²) in [6, 6.07) is 9.48. The van der Waals surface area contributed by atoms with Crippen molar-refractivity contribution in [3.63, 3.8) is 0 Å². The number of hydrogen-bond acceptors (Lipinski definition) is 3. The molecule has 0 aliphatic heterocycles. The maximum atomic E-state index is 14.8. The van der Waals surface area contributed by atoms with E-state index in [0.717, 1.165) is 60.4 Å². The second-order valence-corrected chi connectivity index (χ2v) is 12.1. The number of benzene rings is 2. The summed E-state index contributed by atoms with van der Waals surface area (Å²) in [5.74, 6) is -1.57. The highest BCUT2D eigenvalue weighted by molar-refractivity contribution is 7.92. The molecule has 1 heterocycles.